The molecule has 4 rings (SSSR count). The summed E-state index contributed by atoms with van der Waals surface area (Å²) in [5.41, 5.74) is 0.973. The van der Waals surface area contributed by atoms with E-state index < -0.39 is 11.5 Å². The second-order valence-electron chi connectivity index (χ2n) is 9.46. The Hall–Kier alpha value is -3.74. The SMILES string of the molecule is CC(C)(NC(=O)[C@H]1CC[C@H](c2ccc(NC(=O)c3cc4ccccc4cn3)cc2)CC1)C(=O)O. The Morgan fingerprint density at radius 2 is 1.59 bits per heavy atom. The number of rotatable bonds is 6. The molecule has 7 heteroatoms. The highest BCUT2D eigenvalue weighted by Crippen LogP contribution is 2.36. The number of anilines is 1. The van der Waals surface area contributed by atoms with E-state index in [9.17, 15) is 19.5 Å². The standard InChI is InChI=1S/C27H29N3O4/c1-27(2,26(33)34)30-24(31)19-9-7-17(8-10-19)18-11-13-22(14-12-18)29-25(32)23-15-20-5-3-4-6-21(20)16-28-23/h3-6,11-17,19H,7-10H2,1-2H3,(H,29,32)(H,30,31)(H,33,34)/t17-,19-. The summed E-state index contributed by atoms with van der Waals surface area (Å²) >= 11 is 0. The summed E-state index contributed by atoms with van der Waals surface area (Å²) in [6.45, 7) is 2.99. The monoisotopic (exact) mass is 459 g/mol. The van der Waals surface area contributed by atoms with Gasteiger partial charge in [0.05, 0.1) is 0 Å². The second kappa shape index (κ2) is 9.63. The van der Waals surface area contributed by atoms with Crippen molar-refractivity contribution in [2.45, 2.75) is 51.0 Å². The van der Waals surface area contributed by atoms with Gasteiger partial charge in [-0.2, -0.15) is 0 Å². The number of nitrogens with zero attached hydrogens (tertiary/aromatic N) is 1. The van der Waals surface area contributed by atoms with Crippen LogP contribution in [0.2, 0.25) is 0 Å². The molecule has 176 valence electrons. The number of carboxylic acids is 1. The molecule has 1 aromatic heterocycles. The van der Waals surface area contributed by atoms with E-state index in [4.69, 9.17) is 0 Å². The van der Waals surface area contributed by atoms with E-state index in [1.165, 1.54) is 19.4 Å². The van der Waals surface area contributed by atoms with Gasteiger partial charge in [-0.1, -0.05) is 36.4 Å². The van der Waals surface area contributed by atoms with Crippen molar-refractivity contribution in [2.24, 2.45) is 5.92 Å². The lowest BCUT2D eigenvalue weighted by Crippen LogP contribution is -2.51. The number of carboxylic acid groups (broad SMARTS) is 1. The van der Waals surface area contributed by atoms with Crippen LogP contribution in [-0.4, -0.2) is 33.4 Å². The average molecular weight is 460 g/mol. The lowest BCUT2D eigenvalue weighted by Gasteiger charge is -2.30. The van der Waals surface area contributed by atoms with Gasteiger partial charge in [0.15, 0.2) is 0 Å². The minimum atomic E-state index is -1.27. The lowest BCUT2D eigenvalue weighted by molar-refractivity contribution is -0.146. The quantitative estimate of drug-likeness (QED) is 0.493. The van der Waals surface area contributed by atoms with Crippen LogP contribution in [0.3, 0.4) is 0 Å². The van der Waals surface area contributed by atoms with Crippen LogP contribution in [0.5, 0.6) is 0 Å². The molecule has 2 amide bonds. The van der Waals surface area contributed by atoms with Gasteiger partial charge < -0.3 is 15.7 Å². The van der Waals surface area contributed by atoms with Gasteiger partial charge in [0.25, 0.3) is 5.91 Å². The van der Waals surface area contributed by atoms with Crippen LogP contribution >= 0.6 is 0 Å². The number of pyridine rings is 1. The number of hydrogen-bond donors (Lipinski definition) is 3. The van der Waals surface area contributed by atoms with Crippen molar-refractivity contribution in [1.29, 1.82) is 0 Å². The molecule has 3 aromatic rings. The van der Waals surface area contributed by atoms with Crippen molar-refractivity contribution < 1.29 is 19.5 Å². The topological polar surface area (TPSA) is 108 Å². The first-order valence-electron chi connectivity index (χ1n) is 11.5. The van der Waals surface area contributed by atoms with Crippen LogP contribution in [0, 0.1) is 5.92 Å². The summed E-state index contributed by atoms with van der Waals surface area (Å²) in [6, 6.07) is 17.4. The van der Waals surface area contributed by atoms with Crippen molar-refractivity contribution >= 4 is 34.2 Å². The molecule has 1 aliphatic carbocycles. The van der Waals surface area contributed by atoms with E-state index in [0.717, 1.165) is 36.5 Å². The first-order chi connectivity index (χ1) is 16.2. The predicted molar refractivity (Wildman–Crippen MR) is 131 cm³/mol. The van der Waals surface area contributed by atoms with Gasteiger partial charge in [0, 0.05) is 23.2 Å². The minimum absolute atomic E-state index is 0.164. The zero-order chi connectivity index (χ0) is 24.3. The Morgan fingerprint density at radius 1 is 0.941 bits per heavy atom. The third kappa shape index (κ3) is 5.25. The van der Waals surface area contributed by atoms with E-state index in [0.29, 0.717) is 17.3 Å². The minimum Gasteiger partial charge on any atom is -0.480 e. The maximum Gasteiger partial charge on any atom is 0.328 e. The Labute approximate surface area is 198 Å². The van der Waals surface area contributed by atoms with E-state index in [1.54, 1.807) is 12.3 Å². The maximum absolute atomic E-state index is 12.6. The van der Waals surface area contributed by atoms with Gasteiger partial charge in [0.2, 0.25) is 5.91 Å². The van der Waals surface area contributed by atoms with Crippen molar-refractivity contribution in [3.8, 4) is 0 Å². The highest BCUT2D eigenvalue weighted by atomic mass is 16.4. The average Bonchev–Trinajstić information content (AvgIpc) is 2.84. The summed E-state index contributed by atoms with van der Waals surface area (Å²) < 4.78 is 0. The molecule has 0 atom stereocenters. The fourth-order valence-corrected chi connectivity index (χ4v) is 4.39. The molecular weight excluding hydrogens is 430 g/mol. The van der Waals surface area contributed by atoms with Gasteiger partial charge >= 0.3 is 5.97 Å². The molecule has 0 unspecified atom stereocenters. The lowest BCUT2D eigenvalue weighted by atomic mass is 9.78. The molecule has 3 N–H and O–H groups in total. The highest BCUT2D eigenvalue weighted by Gasteiger charge is 2.33. The maximum atomic E-state index is 12.6. The van der Waals surface area contributed by atoms with Crippen molar-refractivity contribution in [2.75, 3.05) is 5.32 Å². The Balaban J connectivity index is 1.32. The summed E-state index contributed by atoms with van der Waals surface area (Å²) in [7, 11) is 0. The van der Waals surface area contributed by atoms with Crippen molar-refractivity contribution in [3.63, 3.8) is 0 Å². The normalized spacial score (nSPS) is 18.3. The zero-order valence-electron chi connectivity index (χ0n) is 19.4. The molecule has 34 heavy (non-hydrogen) atoms. The summed E-state index contributed by atoms with van der Waals surface area (Å²) in [4.78, 5) is 40.6. The first-order valence-corrected chi connectivity index (χ1v) is 11.5. The summed E-state index contributed by atoms with van der Waals surface area (Å²) in [5.74, 6) is -1.31. The van der Waals surface area contributed by atoms with E-state index in [-0.39, 0.29) is 17.7 Å². The molecular formula is C27H29N3O4. The van der Waals surface area contributed by atoms with Gasteiger partial charge in [-0.25, -0.2) is 4.79 Å². The first kappa shape index (κ1) is 23.4. The fourth-order valence-electron chi connectivity index (χ4n) is 4.39. The third-order valence-electron chi connectivity index (χ3n) is 6.57. The second-order valence-corrected chi connectivity index (χ2v) is 9.46. The smallest absolute Gasteiger partial charge is 0.328 e. The van der Waals surface area contributed by atoms with Crippen LogP contribution in [0.1, 0.15) is 61.5 Å². The number of fused-ring (bicyclic) bond motifs is 1. The van der Waals surface area contributed by atoms with Gasteiger partial charge in [-0.15, -0.1) is 0 Å². The number of aromatic nitrogens is 1. The van der Waals surface area contributed by atoms with Crippen LogP contribution in [-0.2, 0) is 9.59 Å². The number of hydrogen-bond acceptors (Lipinski definition) is 4. The van der Waals surface area contributed by atoms with Crippen molar-refractivity contribution in [3.05, 3.63) is 72.1 Å². The fraction of sp³-hybridized carbons (Fsp3) is 0.333. The van der Waals surface area contributed by atoms with Crippen molar-refractivity contribution in [1.82, 2.24) is 10.3 Å². The molecule has 1 aliphatic rings. The molecule has 1 heterocycles. The molecule has 1 fully saturated rings. The zero-order valence-corrected chi connectivity index (χ0v) is 19.4. The molecule has 0 saturated heterocycles. The third-order valence-corrected chi connectivity index (χ3v) is 6.57. The molecule has 0 aliphatic heterocycles. The summed E-state index contributed by atoms with van der Waals surface area (Å²) in [5, 5.41) is 16.7. The predicted octanol–water partition coefficient (Wildman–Crippen LogP) is 4.74. The molecule has 7 nitrogen and oxygen atoms in total. The largest absolute Gasteiger partial charge is 0.480 e. The summed E-state index contributed by atoms with van der Waals surface area (Å²) in [6.07, 6.45) is 4.86. The van der Waals surface area contributed by atoms with Crippen LogP contribution in [0.25, 0.3) is 10.8 Å². The van der Waals surface area contributed by atoms with Gasteiger partial charge in [-0.3, -0.25) is 14.6 Å². The molecule has 2 aromatic carbocycles. The van der Waals surface area contributed by atoms with Crippen LogP contribution < -0.4 is 10.6 Å². The van der Waals surface area contributed by atoms with Gasteiger partial charge in [-0.05, 0) is 74.6 Å². The molecule has 0 spiro atoms. The number of nitrogens with one attached hydrogen (secondary N) is 2. The van der Waals surface area contributed by atoms with Gasteiger partial charge in [0.1, 0.15) is 11.2 Å². The van der Waals surface area contributed by atoms with E-state index in [1.807, 2.05) is 48.5 Å². The van der Waals surface area contributed by atoms with Crippen LogP contribution in [0.15, 0.2) is 60.8 Å². The molecule has 1 saturated carbocycles. The van der Waals surface area contributed by atoms with E-state index >= 15 is 0 Å². The Morgan fingerprint density at radius 3 is 2.24 bits per heavy atom. The van der Waals surface area contributed by atoms with E-state index in [2.05, 4.69) is 15.6 Å². The number of carbonyl (C=O) groups excluding carboxylic acids is 2. The number of aliphatic carboxylic acids is 1. The highest BCUT2D eigenvalue weighted by molar-refractivity contribution is 6.04. The molecule has 0 bridgehead atoms. The van der Waals surface area contributed by atoms with Crippen LogP contribution in [0.4, 0.5) is 5.69 Å². The number of carbonyl (C=O) groups is 3. The number of benzene rings is 2. The number of amides is 2. The molecule has 0 radical (unpaired) electrons. The Kier molecular flexibility index (Phi) is 6.63. The Bertz CT molecular complexity index is 1210.